The molecule has 0 fully saturated rings. The van der Waals surface area contributed by atoms with Gasteiger partial charge in [0, 0.05) is 25.3 Å². The number of aromatic amines is 1. The molecule has 2 aromatic heterocycles. The van der Waals surface area contributed by atoms with Crippen molar-refractivity contribution < 1.29 is 17.9 Å². The molecule has 0 spiro atoms. The maximum absolute atomic E-state index is 13.2. The summed E-state index contributed by atoms with van der Waals surface area (Å²) in [6.07, 6.45) is -2.84. The van der Waals surface area contributed by atoms with Crippen LogP contribution in [0.2, 0.25) is 0 Å². The van der Waals surface area contributed by atoms with Crippen molar-refractivity contribution in [2.45, 2.75) is 12.6 Å². The molecule has 130 valence electrons. The summed E-state index contributed by atoms with van der Waals surface area (Å²) in [5, 5.41) is 0.300. The number of hydrogen-bond acceptors (Lipinski definition) is 4. The van der Waals surface area contributed by atoms with E-state index in [0.717, 1.165) is 6.07 Å². The molecule has 1 aromatic carbocycles. The van der Waals surface area contributed by atoms with Crippen LogP contribution >= 0.6 is 0 Å². The van der Waals surface area contributed by atoms with Gasteiger partial charge < -0.3 is 9.72 Å². The number of methoxy groups -OCH3 is 1. The second kappa shape index (κ2) is 6.64. The maximum Gasteiger partial charge on any atom is 0.418 e. The quantitative estimate of drug-likeness (QED) is 0.785. The smallest absolute Gasteiger partial charge is 0.384 e. The van der Waals surface area contributed by atoms with Crippen molar-refractivity contribution in [3.8, 4) is 11.3 Å². The van der Waals surface area contributed by atoms with Crippen molar-refractivity contribution in [3.63, 3.8) is 0 Å². The van der Waals surface area contributed by atoms with Gasteiger partial charge in [-0.15, -0.1) is 0 Å². The third-order valence-corrected chi connectivity index (χ3v) is 3.69. The van der Waals surface area contributed by atoms with E-state index >= 15 is 0 Å². The van der Waals surface area contributed by atoms with Crippen LogP contribution in [0.25, 0.3) is 22.2 Å². The minimum atomic E-state index is -4.52. The molecule has 3 aromatic rings. The SMILES string of the molecule is COCCc1nc2cc(-c3ncccc3C(F)(F)F)ccc2c(=O)[nH]1. The minimum absolute atomic E-state index is 0.197. The van der Waals surface area contributed by atoms with Crippen LogP contribution in [0.3, 0.4) is 0 Å². The van der Waals surface area contributed by atoms with Gasteiger partial charge in [0.15, 0.2) is 0 Å². The lowest BCUT2D eigenvalue weighted by Crippen LogP contribution is -2.13. The fraction of sp³-hybridized carbons (Fsp3) is 0.235. The van der Waals surface area contributed by atoms with Gasteiger partial charge in [0.05, 0.1) is 28.8 Å². The van der Waals surface area contributed by atoms with Crippen molar-refractivity contribution in [2.24, 2.45) is 0 Å². The summed E-state index contributed by atoms with van der Waals surface area (Å²) in [4.78, 5) is 22.9. The fourth-order valence-electron chi connectivity index (χ4n) is 2.52. The summed E-state index contributed by atoms with van der Waals surface area (Å²) in [5.74, 6) is 0.411. The summed E-state index contributed by atoms with van der Waals surface area (Å²) in [6, 6.07) is 6.54. The van der Waals surface area contributed by atoms with E-state index in [1.54, 1.807) is 0 Å². The molecule has 0 saturated heterocycles. The number of H-pyrrole nitrogens is 1. The standard InChI is InChI=1S/C17H14F3N3O2/c1-25-8-6-14-22-13-9-10(4-5-11(13)16(24)23-14)15-12(17(18,19)20)3-2-7-21-15/h2-5,7,9H,6,8H2,1H3,(H,22,23,24). The third kappa shape index (κ3) is 3.53. The highest BCUT2D eigenvalue weighted by atomic mass is 19.4. The van der Waals surface area contributed by atoms with Gasteiger partial charge >= 0.3 is 6.18 Å². The Labute approximate surface area is 140 Å². The molecule has 0 saturated carbocycles. The number of hydrogen-bond donors (Lipinski definition) is 1. The number of alkyl halides is 3. The van der Waals surface area contributed by atoms with Crippen LogP contribution in [0.1, 0.15) is 11.4 Å². The van der Waals surface area contributed by atoms with Crippen molar-refractivity contribution in [1.82, 2.24) is 15.0 Å². The Hall–Kier alpha value is -2.74. The van der Waals surface area contributed by atoms with E-state index in [4.69, 9.17) is 4.74 Å². The fourth-order valence-corrected chi connectivity index (χ4v) is 2.52. The molecule has 0 aliphatic heterocycles. The molecule has 1 N–H and O–H groups in total. The Balaban J connectivity index is 2.15. The number of benzene rings is 1. The zero-order chi connectivity index (χ0) is 18.0. The highest BCUT2D eigenvalue weighted by Gasteiger charge is 2.34. The largest absolute Gasteiger partial charge is 0.418 e. The first-order valence-electron chi connectivity index (χ1n) is 7.44. The normalized spacial score (nSPS) is 11.8. The summed E-state index contributed by atoms with van der Waals surface area (Å²) in [6.45, 7) is 0.368. The van der Waals surface area contributed by atoms with Gasteiger partial charge in [0.25, 0.3) is 5.56 Å². The second-order valence-corrected chi connectivity index (χ2v) is 5.38. The lowest BCUT2D eigenvalue weighted by molar-refractivity contribution is -0.137. The number of nitrogens with zero attached hydrogens (tertiary/aromatic N) is 2. The number of fused-ring (bicyclic) bond motifs is 1. The average Bonchev–Trinajstić information content (AvgIpc) is 2.58. The molecule has 0 aliphatic rings. The van der Waals surface area contributed by atoms with Gasteiger partial charge in [-0.05, 0) is 24.3 Å². The average molecular weight is 349 g/mol. The highest BCUT2D eigenvalue weighted by molar-refractivity contribution is 5.83. The van der Waals surface area contributed by atoms with E-state index in [-0.39, 0.29) is 16.8 Å². The number of ether oxygens (including phenoxy) is 1. The first-order valence-corrected chi connectivity index (χ1v) is 7.44. The lowest BCUT2D eigenvalue weighted by Gasteiger charge is -2.12. The van der Waals surface area contributed by atoms with Crippen LogP contribution in [0, 0.1) is 0 Å². The predicted octanol–water partition coefficient (Wildman–Crippen LogP) is 3.19. The monoisotopic (exact) mass is 349 g/mol. The van der Waals surface area contributed by atoms with Crippen LogP contribution in [0.5, 0.6) is 0 Å². The van der Waals surface area contributed by atoms with E-state index < -0.39 is 11.7 Å². The zero-order valence-electron chi connectivity index (χ0n) is 13.2. The van der Waals surface area contributed by atoms with Gasteiger partial charge in [-0.2, -0.15) is 13.2 Å². The molecule has 0 atom stereocenters. The van der Waals surface area contributed by atoms with Crippen molar-refractivity contribution >= 4 is 10.9 Å². The molecule has 0 amide bonds. The number of rotatable bonds is 4. The Morgan fingerprint density at radius 2 is 2.04 bits per heavy atom. The first kappa shape index (κ1) is 17.1. The number of nitrogens with one attached hydrogen (secondary N) is 1. The highest BCUT2D eigenvalue weighted by Crippen LogP contribution is 2.36. The van der Waals surface area contributed by atoms with Gasteiger partial charge in [-0.3, -0.25) is 9.78 Å². The number of aromatic nitrogens is 3. The summed E-state index contributed by atoms with van der Waals surface area (Å²) in [7, 11) is 1.52. The molecule has 0 unspecified atom stereocenters. The minimum Gasteiger partial charge on any atom is -0.384 e. The van der Waals surface area contributed by atoms with Gasteiger partial charge in [-0.25, -0.2) is 4.98 Å². The molecule has 3 rings (SSSR count). The number of pyridine rings is 1. The molecule has 2 heterocycles. The van der Waals surface area contributed by atoms with Crippen LogP contribution in [-0.2, 0) is 17.3 Å². The van der Waals surface area contributed by atoms with E-state index in [1.165, 1.54) is 37.6 Å². The Morgan fingerprint density at radius 3 is 2.76 bits per heavy atom. The van der Waals surface area contributed by atoms with E-state index in [2.05, 4.69) is 15.0 Å². The molecule has 25 heavy (non-hydrogen) atoms. The molecule has 0 aliphatic carbocycles. The molecule has 5 nitrogen and oxygen atoms in total. The predicted molar refractivity (Wildman–Crippen MR) is 86.2 cm³/mol. The van der Waals surface area contributed by atoms with Crippen LogP contribution in [-0.4, -0.2) is 28.7 Å². The van der Waals surface area contributed by atoms with Crippen molar-refractivity contribution in [3.05, 3.63) is 58.3 Å². The Morgan fingerprint density at radius 1 is 1.24 bits per heavy atom. The van der Waals surface area contributed by atoms with Crippen LogP contribution < -0.4 is 5.56 Å². The lowest BCUT2D eigenvalue weighted by atomic mass is 10.0. The van der Waals surface area contributed by atoms with Gasteiger partial charge in [0.1, 0.15) is 5.82 Å². The van der Waals surface area contributed by atoms with E-state index in [0.29, 0.717) is 29.8 Å². The van der Waals surface area contributed by atoms with Gasteiger partial charge in [-0.1, -0.05) is 6.07 Å². The van der Waals surface area contributed by atoms with Crippen molar-refractivity contribution in [2.75, 3.05) is 13.7 Å². The summed E-state index contributed by atoms with van der Waals surface area (Å²) >= 11 is 0. The van der Waals surface area contributed by atoms with Crippen LogP contribution in [0.15, 0.2) is 41.3 Å². The van der Waals surface area contributed by atoms with Crippen molar-refractivity contribution in [1.29, 1.82) is 0 Å². The maximum atomic E-state index is 13.2. The molecule has 0 bridgehead atoms. The van der Waals surface area contributed by atoms with E-state index in [1.807, 2.05) is 0 Å². The van der Waals surface area contributed by atoms with E-state index in [9.17, 15) is 18.0 Å². The molecule has 0 radical (unpaired) electrons. The number of halogens is 3. The third-order valence-electron chi connectivity index (χ3n) is 3.69. The summed E-state index contributed by atoms with van der Waals surface area (Å²) in [5.41, 5.74) is -0.821. The zero-order valence-corrected chi connectivity index (χ0v) is 13.2. The Bertz CT molecular complexity index is 967. The molecular formula is C17H14F3N3O2. The topological polar surface area (TPSA) is 67.9 Å². The first-order chi connectivity index (χ1) is 11.9. The summed E-state index contributed by atoms with van der Waals surface area (Å²) < 4.78 is 44.5. The Kier molecular flexibility index (Phi) is 4.54. The van der Waals surface area contributed by atoms with Gasteiger partial charge in [0.2, 0.25) is 0 Å². The molecule has 8 heteroatoms. The molecular weight excluding hydrogens is 335 g/mol. The van der Waals surface area contributed by atoms with Crippen LogP contribution in [0.4, 0.5) is 13.2 Å². The second-order valence-electron chi connectivity index (χ2n) is 5.38.